The normalized spacial score (nSPS) is 15.8. The van der Waals surface area contributed by atoms with E-state index in [1.165, 1.54) is 35.0 Å². The summed E-state index contributed by atoms with van der Waals surface area (Å²) in [5, 5.41) is 8.82. The number of ether oxygens (including phenoxy) is 1. The molecule has 0 spiro atoms. The van der Waals surface area contributed by atoms with Crippen molar-refractivity contribution < 1.29 is 18.3 Å². The third kappa shape index (κ3) is 6.42. The zero-order valence-corrected chi connectivity index (χ0v) is 20.5. The van der Waals surface area contributed by atoms with E-state index in [2.05, 4.69) is 10.2 Å². The number of furan rings is 1. The van der Waals surface area contributed by atoms with E-state index in [1.807, 2.05) is 60.7 Å². The fourth-order valence-corrected chi connectivity index (χ4v) is 4.50. The molecule has 1 aliphatic heterocycles. The van der Waals surface area contributed by atoms with Crippen molar-refractivity contribution in [3.8, 4) is 5.75 Å². The van der Waals surface area contributed by atoms with E-state index < -0.39 is 0 Å². The first-order valence-corrected chi connectivity index (χ1v) is 12.3. The number of rotatable bonds is 8. The van der Waals surface area contributed by atoms with Crippen LogP contribution in [0.15, 0.2) is 117 Å². The second-order valence-electron chi connectivity index (χ2n) is 8.11. The minimum absolute atomic E-state index is 0.201. The van der Waals surface area contributed by atoms with Gasteiger partial charge in [-0.25, -0.2) is 4.39 Å². The van der Waals surface area contributed by atoms with Gasteiger partial charge in [-0.05, 0) is 70.9 Å². The highest BCUT2D eigenvalue weighted by molar-refractivity contribution is 8.18. The summed E-state index contributed by atoms with van der Waals surface area (Å²) in [4.78, 5) is 15.3. The molecule has 8 heteroatoms. The third-order valence-corrected chi connectivity index (χ3v) is 6.40. The molecule has 5 rings (SSSR count). The van der Waals surface area contributed by atoms with Gasteiger partial charge in [0.05, 0.1) is 23.9 Å². The predicted octanol–water partition coefficient (Wildman–Crippen LogP) is 6.50. The summed E-state index contributed by atoms with van der Waals surface area (Å²) < 4.78 is 24.5. The van der Waals surface area contributed by atoms with Gasteiger partial charge >= 0.3 is 0 Å². The Morgan fingerprint density at radius 3 is 2.57 bits per heavy atom. The van der Waals surface area contributed by atoms with Gasteiger partial charge in [0.25, 0.3) is 5.91 Å². The largest absolute Gasteiger partial charge is 0.489 e. The van der Waals surface area contributed by atoms with Crippen LogP contribution in [-0.4, -0.2) is 22.2 Å². The summed E-state index contributed by atoms with van der Waals surface area (Å²) in [5.41, 5.74) is 2.60. The Hall–Kier alpha value is -4.43. The Labute approximate surface area is 217 Å². The predicted molar refractivity (Wildman–Crippen MR) is 143 cm³/mol. The monoisotopic (exact) mass is 511 g/mol. The summed E-state index contributed by atoms with van der Waals surface area (Å²) in [7, 11) is 0. The molecule has 0 saturated carbocycles. The zero-order valence-electron chi connectivity index (χ0n) is 19.7. The van der Waals surface area contributed by atoms with E-state index in [4.69, 9.17) is 9.15 Å². The Kier molecular flexibility index (Phi) is 7.57. The number of hydrogen-bond acceptors (Lipinski definition) is 6. The molecule has 0 radical (unpaired) electrons. The molecule has 1 amide bonds. The number of halogens is 1. The lowest BCUT2D eigenvalue weighted by Gasteiger charge is -2.12. The van der Waals surface area contributed by atoms with Crippen molar-refractivity contribution in [2.45, 2.75) is 13.2 Å². The maximum Gasteiger partial charge on any atom is 0.267 e. The van der Waals surface area contributed by atoms with Crippen LogP contribution in [0.25, 0.3) is 6.08 Å². The van der Waals surface area contributed by atoms with Crippen molar-refractivity contribution in [1.82, 2.24) is 4.90 Å². The lowest BCUT2D eigenvalue weighted by molar-refractivity contribution is -0.122. The summed E-state index contributed by atoms with van der Waals surface area (Å²) in [6.07, 6.45) is 4.88. The summed E-state index contributed by atoms with van der Waals surface area (Å²) in [6.45, 7) is 0.676. The van der Waals surface area contributed by atoms with Gasteiger partial charge < -0.3 is 9.15 Å². The number of thioether (sulfide) groups is 1. The van der Waals surface area contributed by atoms with Crippen molar-refractivity contribution >= 4 is 35.1 Å². The number of carbonyl (C=O) groups excluding carboxylic acids is 1. The zero-order chi connectivity index (χ0) is 25.5. The Morgan fingerprint density at radius 1 is 0.946 bits per heavy atom. The van der Waals surface area contributed by atoms with Crippen molar-refractivity contribution in [1.29, 1.82) is 0 Å². The van der Waals surface area contributed by atoms with E-state index >= 15 is 0 Å². The molecule has 1 aliphatic rings. The molecule has 0 unspecified atom stereocenters. The summed E-state index contributed by atoms with van der Waals surface area (Å²) in [6, 6.07) is 27.0. The number of carbonyl (C=O) groups is 1. The molecule has 0 bridgehead atoms. The molecule has 0 N–H and O–H groups in total. The van der Waals surface area contributed by atoms with Gasteiger partial charge in [0.2, 0.25) is 0 Å². The Bertz CT molecular complexity index is 1450. The molecule has 3 aromatic carbocycles. The van der Waals surface area contributed by atoms with Crippen LogP contribution < -0.4 is 4.74 Å². The molecule has 4 aromatic rings. The van der Waals surface area contributed by atoms with E-state index in [1.54, 1.807) is 30.5 Å². The molecule has 0 aliphatic carbocycles. The Morgan fingerprint density at radius 2 is 1.78 bits per heavy atom. The number of benzene rings is 3. The molecule has 6 nitrogen and oxygen atoms in total. The minimum Gasteiger partial charge on any atom is -0.489 e. The van der Waals surface area contributed by atoms with Crippen LogP contribution in [0.3, 0.4) is 0 Å². The van der Waals surface area contributed by atoms with Crippen molar-refractivity contribution in [2.75, 3.05) is 0 Å². The summed E-state index contributed by atoms with van der Waals surface area (Å²) in [5.74, 6) is 0.808. The van der Waals surface area contributed by atoms with Crippen LogP contribution in [0.1, 0.15) is 22.5 Å². The fourth-order valence-electron chi connectivity index (χ4n) is 3.56. The van der Waals surface area contributed by atoms with Gasteiger partial charge in [0.15, 0.2) is 5.17 Å². The van der Waals surface area contributed by atoms with Crippen molar-refractivity contribution in [3.05, 3.63) is 130 Å². The van der Waals surface area contributed by atoms with Crippen LogP contribution in [0.5, 0.6) is 5.75 Å². The number of amides is 1. The Balaban J connectivity index is 1.36. The molecule has 37 heavy (non-hydrogen) atoms. The van der Waals surface area contributed by atoms with Gasteiger partial charge in [0, 0.05) is 0 Å². The second-order valence-corrected chi connectivity index (χ2v) is 9.12. The highest BCUT2D eigenvalue weighted by Crippen LogP contribution is 2.34. The van der Waals surface area contributed by atoms with E-state index in [0.717, 1.165) is 11.1 Å². The SMILES string of the molecule is O=C1/C(=C/c2cccc(OCc3ccccc3)c2)S/C(=N\N=C\c2ccc(F)cc2)N1Cc1ccco1. The van der Waals surface area contributed by atoms with Crippen molar-refractivity contribution in [2.24, 2.45) is 10.2 Å². The quantitative estimate of drug-likeness (QED) is 0.154. The molecule has 0 atom stereocenters. The van der Waals surface area contributed by atoms with E-state index in [-0.39, 0.29) is 18.3 Å². The van der Waals surface area contributed by atoms with Gasteiger partial charge in [-0.15, -0.1) is 5.10 Å². The maximum atomic E-state index is 13.3. The fraction of sp³-hybridized carbons (Fsp3) is 0.0690. The van der Waals surface area contributed by atoms with E-state index in [9.17, 15) is 9.18 Å². The lowest BCUT2D eigenvalue weighted by atomic mass is 10.2. The second kappa shape index (κ2) is 11.5. The van der Waals surface area contributed by atoms with Crippen LogP contribution in [-0.2, 0) is 17.9 Å². The van der Waals surface area contributed by atoms with Gasteiger partial charge in [-0.2, -0.15) is 5.10 Å². The third-order valence-electron chi connectivity index (χ3n) is 5.41. The highest BCUT2D eigenvalue weighted by atomic mass is 32.2. The van der Waals surface area contributed by atoms with Gasteiger partial charge in [0.1, 0.15) is 23.9 Å². The molecule has 2 heterocycles. The summed E-state index contributed by atoms with van der Waals surface area (Å²) >= 11 is 1.23. The molecule has 184 valence electrons. The average Bonchev–Trinajstić information content (AvgIpc) is 3.54. The van der Waals surface area contributed by atoms with Gasteiger partial charge in [-0.1, -0.05) is 54.6 Å². The number of amidine groups is 1. The van der Waals surface area contributed by atoms with E-state index in [0.29, 0.717) is 33.8 Å². The van der Waals surface area contributed by atoms with Crippen LogP contribution in [0, 0.1) is 5.82 Å². The lowest BCUT2D eigenvalue weighted by Crippen LogP contribution is -2.28. The van der Waals surface area contributed by atoms with Gasteiger partial charge in [-0.3, -0.25) is 9.69 Å². The topological polar surface area (TPSA) is 67.4 Å². The molecule has 1 saturated heterocycles. The molecular weight excluding hydrogens is 489 g/mol. The first kappa shape index (κ1) is 24.3. The van der Waals surface area contributed by atoms with Crippen molar-refractivity contribution in [3.63, 3.8) is 0 Å². The molecule has 1 fully saturated rings. The average molecular weight is 512 g/mol. The first-order valence-electron chi connectivity index (χ1n) is 11.5. The molecular formula is C29H22FN3O3S. The first-order chi connectivity index (χ1) is 18.1. The van der Waals surface area contributed by atoms with Crippen LogP contribution in [0.2, 0.25) is 0 Å². The smallest absolute Gasteiger partial charge is 0.267 e. The number of nitrogens with zero attached hydrogens (tertiary/aromatic N) is 3. The standard InChI is InChI=1S/C29H22FN3O3S/c30-24-13-11-21(12-14-24)18-31-32-29-33(19-26-10-5-15-35-26)28(34)27(37-29)17-23-8-4-9-25(16-23)36-20-22-6-2-1-3-7-22/h1-18H,19-20H2/b27-17-,31-18+,32-29-. The highest BCUT2D eigenvalue weighted by Gasteiger charge is 2.34. The molecule has 1 aromatic heterocycles. The maximum absolute atomic E-state index is 13.3. The number of hydrogen-bond donors (Lipinski definition) is 0. The minimum atomic E-state index is -0.325. The van der Waals surface area contributed by atoms with Crippen LogP contribution >= 0.6 is 11.8 Å². The van der Waals surface area contributed by atoms with Crippen LogP contribution in [0.4, 0.5) is 4.39 Å².